The molecule has 2 fully saturated rings. The van der Waals surface area contributed by atoms with Gasteiger partial charge in [0, 0.05) is 56.9 Å². The lowest BCUT2D eigenvalue weighted by molar-refractivity contribution is -0.0637. The lowest BCUT2D eigenvalue weighted by Gasteiger charge is -2.57. The molecule has 2 aromatic carbocycles. The van der Waals surface area contributed by atoms with Crippen molar-refractivity contribution in [3.05, 3.63) is 59.2 Å². The van der Waals surface area contributed by atoms with Crippen LogP contribution in [0.25, 0.3) is 11.1 Å². The molecule has 0 radical (unpaired) electrons. The van der Waals surface area contributed by atoms with Gasteiger partial charge >= 0.3 is 0 Å². The molecule has 3 heterocycles. The molecular formula is C30H42N4O3S. The quantitative estimate of drug-likeness (QED) is 0.515. The first-order valence-corrected chi connectivity index (χ1v) is 15.4. The number of rotatable bonds is 7. The lowest BCUT2D eigenvalue weighted by Crippen LogP contribution is -2.68. The van der Waals surface area contributed by atoms with Crippen LogP contribution in [-0.2, 0) is 14.8 Å². The molecule has 0 N–H and O–H groups in total. The van der Waals surface area contributed by atoms with Gasteiger partial charge in [0.25, 0.3) is 0 Å². The van der Waals surface area contributed by atoms with E-state index >= 15 is 0 Å². The Morgan fingerprint density at radius 3 is 2.50 bits per heavy atom. The summed E-state index contributed by atoms with van der Waals surface area (Å²) in [4.78, 5) is 2.49. The third kappa shape index (κ3) is 4.92. The average Bonchev–Trinajstić information content (AvgIpc) is 3.39. The third-order valence-electron chi connectivity index (χ3n) is 8.74. The SMILES string of the molecule is COC[C@@H]1C(c2ccc(-c3cccc(C)c3C)cc2)[C@@H]2CN(S(=O)(=O)C3CC=NN3C(C)C)CCCCN12. The number of sulfonamides is 1. The highest BCUT2D eigenvalue weighted by atomic mass is 32.2. The molecule has 0 aromatic heterocycles. The van der Waals surface area contributed by atoms with E-state index in [2.05, 4.69) is 66.3 Å². The number of benzene rings is 2. The summed E-state index contributed by atoms with van der Waals surface area (Å²) in [5, 5.41) is 5.53. The van der Waals surface area contributed by atoms with Gasteiger partial charge in [-0.05, 0) is 74.9 Å². The maximum atomic E-state index is 13.9. The Morgan fingerprint density at radius 2 is 1.79 bits per heavy atom. The number of aryl methyl sites for hydroxylation is 1. The van der Waals surface area contributed by atoms with E-state index in [0.717, 1.165) is 19.4 Å². The Morgan fingerprint density at radius 1 is 1.05 bits per heavy atom. The Balaban J connectivity index is 1.42. The molecule has 0 saturated carbocycles. The third-order valence-corrected chi connectivity index (χ3v) is 10.9. The van der Waals surface area contributed by atoms with Crippen LogP contribution in [0.5, 0.6) is 0 Å². The van der Waals surface area contributed by atoms with Crippen molar-refractivity contribution in [1.29, 1.82) is 0 Å². The maximum Gasteiger partial charge on any atom is 0.237 e. The highest BCUT2D eigenvalue weighted by Gasteiger charge is 2.51. The van der Waals surface area contributed by atoms with Crippen molar-refractivity contribution in [3.63, 3.8) is 0 Å². The number of nitrogens with zero attached hydrogens (tertiary/aromatic N) is 4. The van der Waals surface area contributed by atoms with Crippen molar-refractivity contribution >= 4 is 16.2 Å². The first-order chi connectivity index (χ1) is 18.2. The van der Waals surface area contributed by atoms with E-state index in [1.54, 1.807) is 22.6 Å². The van der Waals surface area contributed by atoms with Gasteiger partial charge in [-0.15, -0.1) is 0 Å². The van der Waals surface area contributed by atoms with Crippen molar-refractivity contribution in [2.45, 2.75) is 76.4 Å². The Labute approximate surface area is 228 Å². The molecule has 5 rings (SSSR count). The predicted octanol–water partition coefficient (Wildman–Crippen LogP) is 4.60. The van der Waals surface area contributed by atoms with Gasteiger partial charge in [0.1, 0.15) is 0 Å². The molecular weight excluding hydrogens is 496 g/mol. The molecule has 2 aromatic rings. The molecule has 8 heteroatoms. The number of fused-ring (bicyclic) bond motifs is 1. The number of hydrogen-bond donors (Lipinski definition) is 0. The molecule has 7 nitrogen and oxygen atoms in total. The minimum Gasteiger partial charge on any atom is -0.383 e. The Hall–Kier alpha value is -2.26. The number of hydrazone groups is 1. The summed E-state index contributed by atoms with van der Waals surface area (Å²) in [6.07, 6.45) is 4.04. The second-order valence-corrected chi connectivity index (χ2v) is 13.4. The van der Waals surface area contributed by atoms with E-state index in [0.29, 0.717) is 26.1 Å². The van der Waals surface area contributed by atoms with Gasteiger partial charge in [-0.25, -0.2) is 8.42 Å². The Kier molecular flexibility index (Phi) is 7.96. The second kappa shape index (κ2) is 11.1. The van der Waals surface area contributed by atoms with E-state index in [1.165, 1.54) is 27.8 Å². The lowest BCUT2D eigenvalue weighted by atomic mass is 9.74. The molecule has 206 valence electrons. The molecule has 4 atom stereocenters. The first kappa shape index (κ1) is 27.3. The summed E-state index contributed by atoms with van der Waals surface area (Å²) in [5.74, 6) is 0.222. The summed E-state index contributed by atoms with van der Waals surface area (Å²) in [5.41, 5.74) is 6.33. The van der Waals surface area contributed by atoms with Crippen LogP contribution in [0, 0.1) is 13.8 Å². The fourth-order valence-corrected chi connectivity index (χ4v) is 8.54. The van der Waals surface area contributed by atoms with Crippen LogP contribution in [0.3, 0.4) is 0 Å². The molecule has 2 saturated heterocycles. The van der Waals surface area contributed by atoms with Crippen LogP contribution in [-0.4, -0.2) is 85.7 Å². The van der Waals surface area contributed by atoms with Crippen molar-refractivity contribution in [3.8, 4) is 11.1 Å². The second-order valence-electron chi connectivity index (χ2n) is 11.3. The van der Waals surface area contributed by atoms with Crippen LogP contribution in [0.4, 0.5) is 0 Å². The van der Waals surface area contributed by atoms with Crippen LogP contribution in [0.1, 0.15) is 55.7 Å². The standard InChI is InChI=1S/C30H42N4O3S/c1-21(2)34-29(15-16-31-34)38(35,36)32-17-6-7-18-33-27(19-32)30(28(33)20-37-5)25-13-11-24(12-14-25)26-10-8-9-22(3)23(26)4/h8-14,16,21,27-30H,6-7,15,17-20H2,1-5H3/t27-,28+,29?,30?/m0/s1. The van der Waals surface area contributed by atoms with Gasteiger partial charge in [0.15, 0.2) is 5.37 Å². The summed E-state index contributed by atoms with van der Waals surface area (Å²) < 4.78 is 35.3. The molecule has 0 amide bonds. The zero-order valence-electron chi connectivity index (χ0n) is 23.4. The summed E-state index contributed by atoms with van der Waals surface area (Å²) in [7, 11) is -1.77. The van der Waals surface area contributed by atoms with Gasteiger partial charge in [-0.3, -0.25) is 9.91 Å². The minimum absolute atomic E-state index is 0.0397. The van der Waals surface area contributed by atoms with E-state index in [-0.39, 0.29) is 24.0 Å². The summed E-state index contributed by atoms with van der Waals surface area (Å²) in [6.45, 7) is 11.0. The Bertz CT molecular complexity index is 1260. The minimum atomic E-state index is -3.53. The highest BCUT2D eigenvalue weighted by Crippen LogP contribution is 2.43. The van der Waals surface area contributed by atoms with E-state index < -0.39 is 15.4 Å². The fourth-order valence-electron chi connectivity index (χ4n) is 6.55. The predicted molar refractivity (Wildman–Crippen MR) is 154 cm³/mol. The van der Waals surface area contributed by atoms with Crippen molar-refractivity contribution in [2.24, 2.45) is 5.10 Å². The van der Waals surface area contributed by atoms with Crippen LogP contribution in [0.15, 0.2) is 47.6 Å². The van der Waals surface area contributed by atoms with Gasteiger partial charge in [0.2, 0.25) is 10.0 Å². The van der Waals surface area contributed by atoms with Gasteiger partial charge in [0.05, 0.1) is 6.61 Å². The maximum absolute atomic E-state index is 13.9. The molecule has 3 aliphatic rings. The zero-order valence-corrected chi connectivity index (χ0v) is 24.2. The highest BCUT2D eigenvalue weighted by molar-refractivity contribution is 7.89. The molecule has 0 bridgehead atoms. The monoisotopic (exact) mass is 538 g/mol. The van der Waals surface area contributed by atoms with Crippen LogP contribution >= 0.6 is 0 Å². The van der Waals surface area contributed by atoms with Gasteiger partial charge in [-0.2, -0.15) is 9.41 Å². The zero-order chi connectivity index (χ0) is 27.0. The van der Waals surface area contributed by atoms with Crippen LogP contribution < -0.4 is 0 Å². The summed E-state index contributed by atoms with van der Waals surface area (Å²) >= 11 is 0. The molecule has 3 aliphatic heterocycles. The van der Waals surface area contributed by atoms with Crippen molar-refractivity contribution in [2.75, 3.05) is 33.4 Å². The normalized spacial score (nSPS) is 26.7. The first-order valence-electron chi connectivity index (χ1n) is 13.9. The fraction of sp³-hybridized carbons (Fsp3) is 0.567. The molecule has 0 aliphatic carbocycles. The molecule has 2 unspecified atom stereocenters. The van der Waals surface area contributed by atoms with Crippen molar-refractivity contribution < 1.29 is 13.2 Å². The smallest absolute Gasteiger partial charge is 0.237 e. The van der Waals surface area contributed by atoms with Gasteiger partial charge < -0.3 is 4.74 Å². The van der Waals surface area contributed by atoms with E-state index in [9.17, 15) is 8.42 Å². The number of hydrogen-bond acceptors (Lipinski definition) is 6. The topological polar surface area (TPSA) is 65.5 Å². The largest absolute Gasteiger partial charge is 0.383 e. The number of methoxy groups -OCH3 is 1. The molecule has 38 heavy (non-hydrogen) atoms. The number of ether oxygens (including phenoxy) is 1. The van der Waals surface area contributed by atoms with Gasteiger partial charge in [-0.1, -0.05) is 42.5 Å². The molecule has 0 spiro atoms. The average molecular weight is 539 g/mol. The summed E-state index contributed by atoms with van der Waals surface area (Å²) in [6, 6.07) is 15.8. The van der Waals surface area contributed by atoms with Crippen molar-refractivity contribution in [1.82, 2.24) is 14.2 Å². The van der Waals surface area contributed by atoms with E-state index in [4.69, 9.17) is 4.74 Å². The van der Waals surface area contributed by atoms with E-state index in [1.807, 2.05) is 13.8 Å². The van der Waals surface area contributed by atoms with Crippen LogP contribution in [0.2, 0.25) is 0 Å².